The standard InChI is InChI=1S/C14H16ClNO/c1-14(2)7-10(14)13(16)12-6-8-5-9(15)3-4-11(8)17-12/h3-6,10,13H,7,16H2,1-2H3. The molecule has 1 fully saturated rings. The van der Waals surface area contributed by atoms with Crippen molar-refractivity contribution in [1.82, 2.24) is 0 Å². The van der Waals surface area contributed by atoms with Crippen LogP contribution in [0.5, 0.6) is 0 Å². The number of benzene rings is 1. The zero-order valence-corrected chi connectivity index (χ0v) is 10.8. The normalized spacial score (nSPS) is 23.9. The molecule has 1 heterocycles. The Bertz CT molecular complexity index is 573. The Kier molecular flexibility index (Phi) is 2.29. The van der Waals surface area contributed by atoms with Crippen molar-refractivity contribution in [2.45, 2.75) is 26.3 Å². The molecule has 2 atom stereocenters. The number of hydrogen-bond acceptors (Lipinski definition) is 2. The van der Waals surface area contributed by atoms with Crippen LogP contribution in [-0.2, 0) is 0 Å². The summed E-state index contributed by atoms with van der Waals surface area (Å²) >= 11 is 5.95. The van der Waals surface area contributed by atoms with Crippen LogP contribution in [-0.4, -0.2) is 0 Å². The largest absolute Gasteiger partial charge is 0.459 e. The monoisotopic (exact) mass is 249 g/mol. The molecule has 0 aliphatic heterocycles. The highest BCUT2D eigenvalue weighted by Crippen LogP contribution is 2.57. The van der Waals surface area contributed by atoms with Crippen LogP contribution in [0.2, 0.25) is 5.02 Å². The van der Waals surface area contributed by atoms with Crippen molar-refractivity contribution in [3.63, 3.8) is 0 Å². The van der Waals surface area contributed by atoms with Gasteiger partial charge in [-0.1, -0.05) is 25.4 Å². The molecular weight excluding hydrogens is 234 g/mol. The predicted molar refractivity (Wildman–Crippen MR) is 70.0 cm³/mol. The summed E-state index contributed by atoms with van der Waals surface area (Å²) in [7, 11) is 0. The second-order valence-corrected chi connectivity index (χ2v) is 6.09. The second kappa shape index (κ2) is 3.50. The summed E-state index contributed by atoms with van der Waals surface area (Å²) in [5.41, 5.74) is 7.47. The maximum absolute atomic E-state index is 6.25. The Morgan fingerprint density at radius 1 is 1.41 bits per heavy atom. The zero-order chi connectivity index (χ0) is 12.2. The van der Waals surface area contributed by atoms with Crippen molar-refractivity contribution >= 4 is 22.6 Å². The maximum atomic E-state index is 6.25. The van der Waals surface area contributed by atoms with E-state index < -0.39 is 0 Å². The van der Waals surface area contributed by atoms with Crippen LogP contribution in [0.3, 0.4) is 0 Å². The van der Waals surface area contributed by atoms with Gasteiger partial charge in [-0.05, 0) is 42.0 Å². The molecule has 3 heteroatoms. The van der Waals surface area contributed by atoms with E-state index >= 15 is 0 Å². The van der Waals surface area contributed by atoms with E-state index in [1.807, 2.05) is 24.3 Å². The number of fused-ring (bicyclic) bond motifs is 1. The van der Waals surface area contributed by atoms with E-state index in [1.165, 1.54) is 6.42 Å². The highest BCUT2D eigenvalue weighted by molar-refractivity contribution is 6.31. The first-order chi connectivity index (χ1) is 7.97. The first kappa shape index (κ1) is 11.1. The van der Waals surface area contributed by atoms with Gasteiger partial charge < -0.3 is 10.2 Å². The third-order valence-electron chi connectivity index (χ3n) is 3.85. The van der Waals surface area contributed by atoms with Gasteiger partial charge in [0.1, 0.15) is 11.3 Å². The van der Waals surface area contributed by atoms with Gasteiger partial charge in [0.2, 0.25) is 0 Å². The molecular formula is C14H16ClNO. The van der Waals surface area contributed by atoms with Crippen molar-refractivity contribution < 1.29 is 4.42 Å². The van der Waals surface area contributed by atoms with Gasteiger partial charge in [0.15, 0.2) is 0 Å². The van der Waals surface area contributed by atoms with Gasteiger partial charge in [-0.25, -0.2) is 0 Å². The summed E-state index contributed by atoms with van der Waals surface area (Å²) in [6.07, 6.45) is 1.17. The second-order valence-electron chi connectivity index (χ2n) is 5.66. The fraction of sp³-hybridized carbons (Fsp3) is 0.429. The summed E-state index contributed by atoms with van der Waals surface area (Å²) in [5.74, 6) is 1.40. The lowest BCUT2D eigenvalue weighted by molar-refractivity contribution is 0.420. The van der Waals surface area contributed by atoms with Crippen LogP contribution in [0.15, 0.2) is 28.7 Å². The van der Waals surface area contributed by atoms with E-state index in [1.54, 1.807) is 0 Å². The first-order valence-electron chi connectivity index (χ1n) is 5.92. The highest BCUT2D eigenvalue weighted by Gasteiger charge is 2.50. The van der Waals surface area contributed by atoms with E-state index in [0.717, 1.165) is 21.8 Å². The molecule has 0 saturated heterocycles. The van der Waals surface area contributed by atoms with Crippen molar-refractivity contribution in [3.05, 3.63) is 35.0 Å². The Morgan fingerprint density at radius 2 is 2.12 bits per heavy atom. The van der Waals surface area contributed by atoms with Crippen molar-refractivity contribution in [2.24, 2.45) is 17.1 Å². The van der Waals surface area contributed by atoms with Crippen molar-refractivity contribution in [1.29, 1.82) is 0 Å². The average molecular weight is 250 g/mol. The molecule has 0 amide bonds. The summed E-state index contributed by atoms with van der Waals surface area (Å²) in [5, 5.41) is 1.76. The summed E-state index contributed by atoms with van der Waals surface area (Å²) in [6.45, 7) is 4.49. The predicted octanol–water partition coefficient (Wildman–Crippen LogP) is 4.13. The fourth-order valence-corrected chi connectivity index (χ4v) is 2.70. The lowest BCUT2D eigenvalue weighted by atomic mass is 10.0. The summed E-state index contributed by atoms with van der Waals surface area (Å²) in [6, 6.07) is 7.65. The van der Waals surface area contributed by atoms with E-state index in [4.69, 9.17) is 21.8 Å². The third-order valence-corrected chi connectivity index (χ3v) is 4.08. The first-order valence-corrected chi connectivity index (χ1v) is 6.30. The Morgan fingerprint density at radius 3 is 2.76 bits per heavy atom. The van der Waals surface area contributed by atoms with Gasteiger partial charge in [-0.2, -0.15) is 0 Å². The third kappa shape index (κ3) is 1.85. The molecule has 1 saturated carbocycles. The van der Waals surface area contributed by atoms with Crippen LogP contribution in [0.1, 0.15) is 32.1 Å². The number of hydrogen-bond donors (Lipinski definition) is 1. The minimum absolute atomic E-state index is 0.00354. The molecule has 90 valence electrons. The molecule has 1 aliphatic carbocycles. The quantitative estimate of drug-likeness (QED) is 0.869. The van der Waals surface area contributed by atoms with E-state index in [0.29, 0.717) is 11.3 Å². The average Bonchev–Trinajstić information content (AvgIpc) is 2.73. The minimum atomic E-state index is -0.00354. The molecule has 0 spiro atoms. The SMILES string of the molecule is CC1(C)CC1C(N)c1cc2cc(Cl)ccc2o1. The summed E-state index contributed by atoms with van der Waals surface area (Å²) < 4.78 is 5.80. The number of rotatable bonds is 2. The lowest BCUT2D eigenvalue weighted by Crippen LogP contribution is -2.14. The molecule has 2 N–H and O–H groups in total. The van der Waals surface area contributed by atoms with Gasteiger partial charge in [0.25, 0.3) is 0 Å². The number of furan rings is 1. The lowest BCUT2D eigenvalue weighted by Gasteiger charge is -2.09. The van der Waals surface area contributed by atoms with Gasteiger partial charge in [-0.15, -0.1) is 0 Å². The molecule has 2 nitrogen and oxygen atoms in total. The molecule has 0 bridgehead atoms. The van der Waals surface area contributed by atoms with Crippen molar-refractivity contribution in [3.8, 4) is 0 Å². The van der Waals surface area contributed by atoms with Gasteiger partial charge in [0.05, 0.1) is 6.04 Å². The van der Waals surface area contributed by atoms with E-state index in [9.17, 15) is 0 Å². The minimum Gasteiger partial charge on any atom is -0.459 e. The molecule has 2 aromatic rings. The molecule has 2 unspecified atom stereocenters. The molecule has 3 rings (SSSR count). The van der Waals surface area contributed by atoms with Gasteiger partial charge >= 0.3 is 0 Å². The number of nitrogens with two attached hydrogens (primary N) is 1. The Balaban J connectivity index is 1.96. The highest BCUT2D eigenvalue weighted by atomic mass is 35.5. The van der Waals surface area contributed by atoms with Crippen LogP contribution in [0.25, 0.3) is 11.0 Å². The Labute approximate surface area is 106 Å². The van der Waals surface area contributed by atoms with Crippen LogP contribution < -0.4 is 5.73 Å². The van der Waals surface area contributed by atoms with Gasteiger partial charge in [0, 0.05) is 10.4 Å². The van der Waals surface area contributed by atoms with Crippen LogP contribution >= 0.6 is 11.6 Å². The Hall–Kier alpha value is -0.990. The van der Waals surface area contributed by atoms with Gasteiger partial charge in [-0.3, -0.25) is 0 Å². The fourth-order valence-electron chi connectivity index (χ4n) is 2.52. The molecule has 1 aromatic carbocycles. The van der Waals surface area contributed by atoms with E-state index in [2.05, 4.69) is 13.8 Å². The molecule has 17 heavy (non-hydrogen) atoms. The van der Waals surface area contributed by atoms with E-state index in [-0.39, 0.29) is 6.04 Å². The topological polar surface area (TPSA) is 39.2 Å². The molecule has 0 radical (unpaired) electrons. The maximum Gasteiger partial charge on any atom is 0.134 e. The van der Waals surface area contributed by atoms with Crippen LogP contribution in [0.4, 0.5) is 0 Å². The molecule has 1 aromatic heterocycles. The zero-order valence-electron chi connectivity index (χ0n) is 10.0. The summed E-state index contributed by atoms with van der Waals surface area (Å²) in [4.78, 5) is 0. The van der Waals surface area contributed by atoms with Crippen LogP contribution in [0, 0.1) is 11.3 Å². The molecule has 1 aliphatic rings. The van der Waals surface area contributed by atoms with Crippen molar-refractivity contribution in [2.75, 3.05) is 0 Å². The number of halogens is 1. The smallest absolute Gasteiger partial charge is 0.134 e.